The standard InChI is InChI=1S/C13H22N2O2/c1-10(15(2)3)8-14-9-11-6-5-7-12(17-4)13(11)16/h5-7,10,14,16H,8-9H2,1-4H3. The third-order valence-electron chi connectivity index (χ3n) is 2.94. The van der Waals surface area contributed by atoms with E-state index in [1.54, 1.807) is 13.2 Å². The fraction of sp³-hybridized carbons (Fsp3) is 0.538. The largest absolute Gasteiger partial charge is 0.504 e. The lowest BCUT2D eigenvalue weighted by atomic mass is 10.2. The summed E-state index contributed by atoms with van der Waals surface area (Å²) < 4.78 is 5.07. The van der Waals surface area contributed by atoms with E-state index in [0.717, 1.165) is 12.1 Å². The fourth-order valence-electron chi connectivity index (χ4n) is 1.47. The maximum absolute atomic E-state index is 9.89. The predicted octanol–water partition coefficient (Wildman–Crippen LogP) is 1.44. The molecule has 2 N–H and O–H groups in total. The van der Waals surface area contributed by atoms with E-state index in [4.69, 9.17) is 4.74 Å². The van der Waals surface area contributed by atoms with Crippen molar-refractivity contribution in [2.24, 2.45) is 0 Å². The summed E-state index contributed by atoms with van der Waals surface area (Å²) in [6.45, 7) is 3.67. The number of para-hydroxylation sites is 1. The predicted molar refractivity (Wildman–Crippen MR) is 69.5 cm³/mol. The molecule has 0 aromatic heterocycles. The minimum Gasteiger partial charge on any atom is -0.504 e. The smallest absolute Gasteiger partial charge is 0.162 e. The van der Waals surface area contributed by atoms with Crippen molar-refractivity contribution >= 4 is 0 Å². The van der Waals surface area contributed by atoms with Gasteiger partial charge in [-0.25, -0.2) is 0 Å². The lowest BCUT2D eigenvalue weighted by Gasteiger charge is -2.20. The van der Waals surface area contributed by atoms with Gasteiger partial charge >= 0.3 is 0 Å². The van der Waals surface area contributed by atoms with Crippen LogP contribution >= 0.6 is 0 Å². The second-order valence-electron chi connectivity index (χ2n) is 4.41. The number of likely N-dealkylation sites (N-methyl/N-ethyl adjacent to an activating group) is 1. The molecule has 0 amide bonds. The summed E-state index contributed by atoms with van der Waals surface area (Å²) >= 11 is 0. The number of phenols is 1. The second kappa shape index (κ2) is 6.47. The van der Waals surface area contributed by atoms with Crippen LogP contribution in [0.3, 0.4) is 0 Å². The Morgan fingerprint density at radius 2 is 2.12 bits per heavy atom. The van der Waals surface area contributed by atoms with Crippen LogP contribution in [0.25, 0.3) is 0 Å². The Balaban J connectivity index is 2.52. The highest BCUT2D eigenvalue weighted by Gasteiger charge is 2.08. The number of hydrogen-bond donors (Lipinski definition) is 2. The molecule has 0 aliphatic carbocycles. The molecule has 1 atom stereocenters. The Kier molecular flexibility index (Phi) is 5.25. The Bertz CT molecular complexity index is 353. The number of aromatic hydroxyl groups is 1. The van der Waals surface area contributed by atoms with Crippen LogP contribution < -0.4 is 10.1 Å². The van der Waals surface area contributed by atoms with Crippen molar-refractivity contribution in [1.29, 1.82) is 0 Å². The zero-order chi connectivity index (χ0) is 12.8. The first-order valence-corrected chi connectivity index (χ1v) is 5.78. The van der Waals surface area contributed by atoms with Gasteiger partial charge in [-0.2, -0.15) is 0 Å². The van der Waals surface area contributed by atoms with Gasteiger partial charge in [0.05, 0.1) is 7.11 Å². The molecule has 0 spiro atoms. The van der Waals surface area contributed by atoms with Crippen molar-refractivity contribution in [2.45, 2.75) is 19.5 Å². The molecule has 0 fully saturated rings. The molecule has 0 heterocycles. The number of benzene rings is 1. The van der Waals surface area contributed by atoms with Crippen LogP contribution in [0.15, 0.2) is 18.2 Å². The molecule has 0 aliphatic rings. The number of phenolic OH excluding ortho intramolecular Hbond substituents is 1. The Labute approximate surface area is 103 Å². The summed E-state index contributed by atoms with van der Waals surface area (Å²) in [6, 6.07) is 5.99. The van der Waals surface area contributed by atoms with Gasteiger partial charge in [0.2, 0.25) is 0 Å². The zero-order valence-electron chi connectivity index (χ0n) is 11.0. The third kappa shape index (κ3) is 3.91. The molecule has 1 aromatic carbocycles. The van der Waals surface area contributed by atoms with Gasteiger partial charge in [-0.3, -0.25) is 0 Å². The van der Waals surface area contributed by atoms with E-state index in [1.807, 2.05) is 12.1 Å². The van der Waals surface area contributed by atoms with Crippen LogP contribution in [0.2, 0.25) is 0 Å². The highest BCUT2D eigenvalue weighted by Crippen LogP contribution is 2.28. The number of hydrogen-bond acceptors (Lipinski definition) is 4. The van der Waals surface area contributed by atoms with Crippen LogP contribution in [0.5, 0.6) is 11.5 Å². The van der Waals surface area contributed by atoms with Gasteiger partial charge in [0.1, 0.15) is 0 Å². The number of ether oxygens (including phenoxy) is 1. The summed E-state index contributed by atoms with van der Waals surface area (Å²) in [5.74, 6) is 0.741. The van der Waals surface area contributed by atoms with Crippen molar-refractivity contribution in [3.63, 3.8) is 0 Å². The van der Waals surface area contributed by atoms with Crippen LogP contribution in [0.1, 0.15) is 12.5 Å². The SMILES string of the molecule is COc1cccc(CNCC(C)N(C)C)c1O. The van der Waals surface area contributed by atoms with E-state index >= 15 is 0 Å². The number of nitrogens with one attached hydrogen (secondary N) is 1. The van der Waals surface area contributed by atoms with Gasteiger partial charge < -0.3 is 20.1 Å². The molecule has 0 aliphatic heterocycles. The first kappa shape index (κ1) is 13.8. The van der Waals surface area contributed by atoms with Crippen LogP contribution in [-0.2, 0) is 6.54 Å². The van der Waals surface area contributed by atoms with Gasteiger partial charge in [-0.05, 0) is 27.1 Å². The lowest BCUT2D eigenvalue weighted by Crippen LogP contribution is -2.35. The van der Waals surface area contributed by atoms with E-state index in [1.165, 1.54) is 0 Å². The van der Waals surface area contributed by atoms with Crippen molar-refractivity contribution in [1.82, 2.24) is 10.2 Å². The summed E-state index contributed by atoms with van der Waals surface area (Å²) in [5, 5.41) is 13.2. The second-order valence-corrected chi connectivity index (χ2v) is 4.41. The normalized spacial score (nSPS) is 12.8. The van der Waals surface area contributed by atoms with Crippen molar-refractivity contribution in [3.05, 3.63) is 23.8 Å². The summed E-state index contributed by atoms with van der Waals surface area (Å²) in [4.78, 5) is 2.15. The molecule has 0 saturated heterocycles. The van der Waals surface area contributed by atoms with E-state index in [9.17, 15) is 5.11 Å². The van der Waals surface area contributed by atoms with Crippen molar-refractivity contribution in [3.8, 4) is 11.5 Å². The summed E-state index contributed by atoms with van der Waals surface area (Å²) in [7, 11) is 5.66. The highest BCUT2D eigenvalue weighted by molar-refractivity contribution is 5.45. The minimum absolute atomic E-state index is 0.222. The Hall–Kier alpha value is -1.26. The quantitative estimate of drug-likeness (QED) is 0.787. The Morgan fingerprint density at radius 3 is 2.71 bits per heavy atom. The zero-order valence-corrected chi connectivity index (χ0v) is 11.0. The summed E-state index contributed by atoms with van der Waals surface area (Å²) in [6.07, 6.45) is 0. The van der Waals surface area contributed by atoms with E-state index in [-0.39, 0.29) is 5.75 Å². The van der Waals surface area contributed by atoms with Crippen molar-refractivity contribution < 1.29 is 9.84 Å². The molecule has 96 valence electrons. The van der Waals surface area contributed by atoms with Crippen molar-refractivity contribution in [2.75, 3.05) is 27.7 Å². The molecule has 1 aromatic rings. The van der Waals surface area contributed by atoms with Crippen LogP contribution in [-0.4, -0.2) is 43.8 Å². The van der Waals surface area contributed by atoms with Gasteiger partial charge in [-0.15, -0.1) is 0 Å². The average Bonchev–Trinajstić information content (AvgIpc) is 2.31. The van der Waals surface area contributed by atoms with E-state index in [0.29, 0.717) is 18.3 Å². The molecule has 4 nitrogen and oxygen atoms in total. The molecule has 4 heteroatoms. The van der Waals surface area contributed by atoms with E-state index in [2.05, 4.69) is 31.2 Å². The third-order valence-corrected chi connectivity index (χ3v) is 2.94. The minimum atomic E-state index is 0.222. The van der Waals surface area contributed by atoms with Gasteiger partial charge in [0.25, 0.3) is 0 Å². The fourth-order valence-corrected chi connectivity index (χ4v) is 1.47. The van der Waals surface area contributed by atoms with Gasteiger partial charge in [0.15, 0.2) is 11.5 Å². The monoisotopic (exact) mass is 238 g/mol. The number of nitrogens with zero attached hydrogens (tertiary/aromatic N) is 1. The first-order valence-electron chi connectivity index (χ1n) is 5.78. The molecule has 1 unspecified atom stereocenters. The molecule has 17 heavy (non-hydrogen) atoms. The summed E-state index contributed by atoms with van der Waals surface area (Å²) in [5.41, 5.74) is 0.857. The molecular weight excluding hydrogens is 216 g/mol. The molecule has 1 rings (SSSR count). The Morgan fingerprint density at radius 1 is 1.41 bits per heavy atom. The highest BCUT2D eigenvalue weighted by atomic mass is 16.5. The van der Waals surface area contributed by atoms with Gasteiger partial charge in [-0.1, -0.05) is 12.1 Å². The van der Waals surface area contributed by atoms with Crippen LogP contribution in [0.4, 0.5) is 0 Å². The number of methoxy groups -OCH3 is 1. The lowest BCUT2D eigenvalue weighted by molar-refractivity contribution is 0.302. The molecular formula is C13H22N2O2. The molecule has 0 radical (unpaired) electrons. The first-order chi connectivity index (χ1) is 8.06. The van der Waals surface area contributed by atoms with E-state index < -0.39 is 0 Å². The molecule has 0 bridgehead atoms. The average molecular weight is 238 g/mol. The number of rotatable bonds is 6. The van der Waals surface area contributed by atoms with Gasteiger partial charge in [0, 0.05) is 24.7 Å². The maximum atomic E-state index is 9.89. The van der Waals surface area contributed by atoms with Crippen LogP contribution in [0, 0.1) is 0 Å². The molecule has 0 saturated carbocycles. The topological polar surface area (TPSA) is 44.7 Å². The maximum Gasteiger partial charge on any atom is 0.162 e.